The molecule has 1 atom stereocenters. The summed E-state index contributed by atoms with van der Waals surface area (Å²) in [7, 11) is 0. The van der Waals surface area contributed by atoms with Gasteiger partial charge in [-0.15, -0.1) is 0 Å². The first-order valence-electron chi connectivity index (χ1n) is 10.2. The number of imidazole rings is 1. The average Bonchev–Trinajstić information content (AvgIpc) is 3.23. The van der Waals surface area contributed by atoms with Crippen LogP contribution in [0.25, 0.3) is 11.0 Å². The van der Waals surface area contributed by atoms with Crippen molar-refractivity contribution in [2.45, 2.75) is 25.9 Å². The van der Waals surface area contributed by atoms with Crippen LogP contribution in [0.3, 0.4) is 0 Å². The number of nitrogens with zero attached hydrogens (tertiary/aromatic N) is 3. The molecular weight excluding hydrogens is 412 g/mol. The third kappa shape index (κ3) is 3.95. The van der Waals surface area contributed by atoms with E-state index in [2.05, 4.69) is 14.9 Å². The van der Waals surface area contributed by atoms with Gasteiger partial charge >= 0.3 is 0 Å². The van der Waals surface area contributed by atoms with E-state index in [1.54, 1.807) is 36.0 Å². The molecular formula is C23H24N4O3S. The lowest BCUT2D eigenvalue weighted by Crippen LogP contribution is -2.50. The Hall–Kier alpha value is -3.13. The largest absolute Gasteiger partial charge is 0.353 e. The standard InChI is InChI=1S/C23H24N4O3S/c1-15-25-18-9-5-6-10-19(18)26(15)13-12-24-21(28)20(11-14-31-2)27-22(29)16-7-3-4-8-17(16)23(27)30/h3-10,20H,11-14H2,1-2H3,(H,24,28)/t20-/m0/s1. The molecule has 0 radical (unpaired) electrons. The molecule has 0 unspecified atom stereocenters. The highest BCUT2D eigenvalue weighted by molar-refractivity contribution is 7.98. The van der Waals surface area contributed by atoms with Crippen molar-refractivity contribution >= 4 is 40.5 Å². The Balaban J connectivity index is 1.48. The molecule has 1 aromatic heterocycles. The molecule has 0 bridgehead atoms. The Morgan fingerprint density at radius 2 is 1.71 bits per heavy atom. The van der Waals surface area contributed by atoms with Gasteiger partial charge in [-0.05, 0) is 49.6 Å². The average molecular weight is 437 g/mol. The number of benzene rings is 2. The normalized spacial score (nSPS) is 14.2. The number of hydrogen-bond acceptors (Lipinski definition) is 5. The fraction of sp³-hybridized carbons (Fsp3) is 0.304. The van der Waals surface area contributed by atoms with Crippen molar-refractivity contribution in [2.75, 3.05) is 18.6 Å². The minimum atomic E-state index is -0.833. The molecule has 8 heteroatoms. The second kappa shape index (κ2) is 8.93. The third-order valence-electron chi connectivity index (χ3n) is 5.52. The number of para-hydroxylation sites is 2. The van der Waals surface area contributed by atoms with Gasteiger partial charge in [0.1, 0.15) is 11.9 Å². The highest BCUT2D eigenvalue weighted by Gasteiger charge is 2.42. The van der Waals surface area contributed by atoms with Crippen molar-refractivity contribution in [1.29, 1.82) is 0 Å². The lowest BCUT2D eigenvalue weighted by atomic mass is 10.1. The first-order chi connectivity index (χ1) is 15.0. The SMILES string of the molecule is CSCC[C@@H](C(=O)NCCn1c(C)nc2ccccc21)N1C(=O)c2ccccc2C1=O. The predicted octanol–water partition coefficient (Wildman–Crippen LogP) is 2.88. The molecule has 0 spiro atoms. The van der Waals surface area contributed by atoms with E-state index in [0.717, 1.165) is 21.8 Å². The van der Waals surface area contributed by atoms with Crippen LogP contribution < -0.4 is 5.32 Å². The Morgan fingerprint density at radius 3 is 2.39 bits per heavy atom. The first kappa shape index (κ1) is 21.1. The van der Waals surface area contributed by atoms with E-state index in [-0.39, 0.29) is 5.91 Å². The summed E-state index contributed by atoms with van der Waals surface area (Å²) in [6.45, 7) is 2.86. The summed E-state index contributed by atoms with van der Waals surface area (Å²) in [4.78, 5) is 44.5. The molecule has 4 rings (SSSR count). The van der Waals surface area contributed by atoms with E-state index in [1.807, 2.05) is 37.4 Å². The van der Waals surface area contributed by atoms with E-state index < -0.39 is 17.9 Å². The smallest absolute Gasteiger partial charge is 0.262 e. The number of amides is 3. The molecule has 0 fully saturated rings. The van der Waals surface area contributed by atoms with Gasteiger partial charge in [-0.3, -0.25) is 19.3 Å². The number of aryl methyl sites for hydroxylation is 1. The quantitative estimate of drug-likeness (QED) is 0.549. The zero-order valence-electron chi connectivity index (χ0n) is 17.5. The number of hydrogen-bond donors (Lipinski definition) is 1. The Morgan fingerprint density at radius 1 is 1.06 bits per heavy atom. The topological polar surface area (TPSA) is 84.3 Å². The van der Waals surface area contributed by atoms with E-state index in [1.165, 1.54) is 0 Å². The maximum absolute atomic E-state index is 13.1. The maximum atomic E-state index is 13.1. The van der Waals surface area contributed by atoms with Crippen LogP contribution in [0, 0.1) is 6.92 Å². The molecule has 0 aliphatic carbocycles. The monoisotopic (exact) mass is 436 g/mol. The minimum Gasteiger partial charge on any atom is -0.353 e. The molecule has 0 saturated heterocycles. The summed E-state index contributed by atoms with van der Waals surface area (Å²) >= 11 is 1.58. The van der Waals surface area contributed by atoms with Crippen LogP contribution in [-0.2, 0) is 11.3 Å². The van der Waals surface area contributed by atoms with Gasteiger partial charge in [0.25, 0.3) is 11.8 Å². The van der Waals surface area contributed by atoms with Crippen molar-refractivity contribution in [3.8, 4) is 0 Å². The van der Waals surface area contributed by atoms with E-state index in [0.29, 0.717) is 36.4 Å². The molecule has 31 heavy (non-hydrogen) atoms. The van der Waals surface area contributed by atoms with Crippen LogP contribution in [0.2, 0.25) is 0 Å². The van der Waals surface area contributed by atoms with E-state index >= 15 is 0 Å². The minimum absolute atomic E-state index is 0.314. The van der Waals surface area contributed by atoms with Gasteiger partial charge in [0, 0.05) is 13.1 Å². The molecule has 160 valence electrons. The molecule has 1 aliphatic heterocycles. The van der Waals surface area contributed by atoms with Crippen molar-refractivity contribution in [2.24, 2.45) is 0 Å². The summed E-state index contributed by atoms with van der Waals surface area (Å²) < 4.78 is 2.05. The Kier molecular flexibility index (Phi) is 6.08. The van der Waals surface area contributed by atoms with Crippen LogP contribution in [-0.4, -0.2) is 56.8 Å². The molecule has 3 amide bonds. The van der Waals surface area contributed by atoms with Crippen LogP contribution in [0.15, 0.2) is 48.5 Å². The van der Waals surface area contributed by atoms with Gasteiger partial charge in [-0.25, -0.2) is 4.98 Å². The van der Waals surface area contributed by atoms with Gasteiger partial charge in [-0.1, -0.05) is 24.3 Å². The number of carbonyl (C=O) groups is 3. The summed E-state index contributed by atoms with van der Waals surface area (Å²) in [6, 6.07) is 13.7. The molecule has 1 aliphatic rings. The molecule has 2 heterocycles. The summed E-state index contributed by atoms with van der Waals surface area (Å²) in [5.74, 6) is 0.411. The van der Waals surface area contributed by atoms with Crippen LogP contribution in [0.1, 0.15) is 33.0 Å². The molecule has 7 nitrogen and oxygen atoms in total. The van der Waals surface area contributed by atoms with Crippen molar-refractivity contribution in [3.63, 3.8) is 0 Å². The third-order valence-corrected chi connectivity index (χ3v) is 6.16. The van der Waals surface area contributed by atoms with Gasteiger partial charge in [0.15, 0.2) is 0 Å². The number of rotatable bonds is 8. The zero-order valence-corrected chi connectivity index (χ0v) is 18.3. The number of nitrogens with one attached hydrogen (secondary N) is 1. The van der Waals surface area contributed by atoms with Crippen molar-refractivity contribution in [3.05, 3.63) is 65.5 Å². The van der Waals surface area contributed by atoms with Gasteiger partial charge in [0.2, 0.25) is 5.91 Å². The maximum Gasteiger partial charge on any atom is 0.262 e. The molecule has 1 N–H and O–H groups in total. The summed E-state index contributed by atoms with van der Waals surface area (Å²) in [5, 5.41) is 2.92. The zero-order chi connectivity index (χ0) is 22.0. The Labute approximate surface area is 184 Å². The van der Waals surface area contributed by atoms with Gasteiger partial charge < -0.3 is 9.88 Å². The number of aromatic nitrogens is 2. The second-order valence-corrected chi connectivity index (χ2v) is 8.40. The van der Waals surface area contributed by atoms with E-state index in [4.69, 9.17) is 0 Å². The van der Waals surface area contributed by atoms with E-state index in [9.17, 15) is 14.4 Å². The number of imide groups is 1. The van der Waals surface area contributed by atoms with Crippen LogP contribution in [0.4, 0.5) is 0 Å². The van der Waals surface area contributed by atoms with Crippen LogP contribution >= 0.6 is 11.8 Å². The summed E-state index contributed by atoms with van der Waals surface area (Å²) in [5.41, 5.74) is 2.63. The number of carbonyl (C=O) groups excluding carboxylic acids is 3. The number of thioether (sulfide) groups is 1. The number of fused-ring (bicyclic) bond motifs is 2. The molecule has 3 aromatic rings. The second-order valence-electron chi connectivity index (χ2n) is 7.41. The van der Waals surface area contributed by atoms with Crippen molar-refractivity contribution in [1.82, 2.24) is 19.8 Å². The van der Waals surface area contributed by atoms with Gasteiger partial charge in [0.05, 0.1) is 22.2 Å². The lowest BCUT2D eigenvalue weighted by Gasteiger charge is -2.25. The van der Waals surface area contributed by atoms with Crippen molar-refractivity contribution < 1.29 is 14.4 Å². The molecule has 0 saturated carbocycles. The van der Waals surface area contributed by atoms with Crippen LogP contribution in [0.5, 0.6) is 0 Å². The fourth-order valence-electron chi connectivity index (χ4n) is 3.98. The highest BCUT2D eigenvalue weighted by atomic mass is 32.2. The predicted molar refractivity (Wildman–Crippen MR) is 121 cm³/mol. The first-order valence-corrected chi connectivity index (χ1v) is 11.6. The highest BCUT2D eigenvalue weighted by Crippen LogP contribution is 2.26. The molecule has 2 aromatic carbocycles. The summed E-state index contributed by atoms with van der Waals surface area (Å²) in [6.07, 6.45) is 2.34. The van der Waals surface area contributed by atoms with Gasteiger partial charge in [-0.2, -0.15) is 11.8 Å². The Bertz CT molecular complexity index is 1120. The fourth-order valence-corrected chi connectivity index (χ4v) is 4.44. The lowest BCUT2D eigenvalue weighted by molar-refractivity contribution is -0.125.